The van der Waals surface area contributed by atoms with Crippen LogP contribution in [0.25, 0.3) is 0 Å². The molecule has 1 amide bonds. The second-order valence-corrected chi connectivity index (χ2v) is 6.89. The average Bonchev–Trinajstić information content (AvgIpc) is 2.67. The smallest absolute Gasteiger partial charge is 0.308 e. The zero-order valence-electron chi connectivity index (χ0n) is 15.2. The van der Waals surface area contributed by atoms with Crippen molar-refractivity contribution < 1.29 is 23.8 Å². The van der Waals surface area contributed by atoms with Gasteiger partial charge in [0.2, 0.25) is 0 Å². The molecule has 0 fully saturated rings. The molecule has 0 aliphatic heterocycles. The van der Waals surface area contributed by atoms with E-state index in [9.17, 15) is 9.59 Å². The number of halogens is 1. The van der Waals surface area contributed by atoms with Gasteiger partial charge in [0.15, 0.2) is 6.61 Å². The van der Waals surface area contributed by atoms with E-state index >= 15 is 0 Å². The maximum atomic E-state index is 12.3. The Morgan fingerprint density at radius 3 is 2.52 bits per heavy atom. The Morgan fingerprint density at radius 2 is 1.85 bits per heavy atom. The predicted molar refractivity (Wildman–Crippen MR) is 110 cm³/mol. The number of rotatable bonds is 9. The van der Waals surface area contributed by atoms with E-state index in [0.717, 1.165) is 9.13 Å². The lowest BCUT2D eigenvalue weighted by Gasteiger charge is -2.19. The second kappa shape index (κ2) is 10.8. The third kappa shape index (κ3) is 7.09. The van der Waals surface area contributed by atoms with Crippen molar-refractivity contribution in [3.05, 3.63) is 57.7 Å². The summed E-state index contributed by atoms with van der Waals surface area (Å²) in [6.07, 6.45) is 0.0241. The van der Waals surface area contributed by atoms with Crippen LogP contribution in [0.5, 0.6) is 11.5 Å². The molecule has 144 valence electrons. The van der Waals surface area contributed by atoms with E-state index in [2.05, 4.69) is 27.9 Å². The first-order valence-electron chi connectivity index (χ1n) is 8.49. The van der Waals surface area contributed by atoms with Gasteiger partial charge in [0.05, 0.1) is 26.2 Å². The van der Waals surface area contributed by atoms with Gasteiger partial charge in [-0.15, -0.1) is 0 Å². The van der Waals surface area contributed by atoms with Gasteiger partial charge in [0.25, 0.3) is 5.91 Å². The molecule has 0 bridgehead atoms. The molecular formula is C20H22INO5. The molecule has 0 saturated carbocycles. The Kier molecular flexibility index (Phi) is 8.38. The van der Waals surface area contributed by atoms with Gasteiger partial charge in [-0.25, -0.2) is 0 Å². The summed E-state index contributed by atoms with van der Waals surface area (Å²) in [5.74, 6) is 0.537. The summed E-state index contributed by atoms with van der Waals surface area (Å²) in [6.45, 7) is 1.88. The average molecular weight is 483 g/mol. The van der Waals surface area contributed by atoms with Crippen molar-refractivity contribution >= 4 is 34.5 Å². The van der Waals surface area contributed by atoms with Crippen LogP contribution in [0, 0.1) is 3.57 Å². The molecule has 0 radical (unpaired) electrons. The largest absolute Gasteiger partial charge is 0.497 e. The molecule has 1 N–H and O–H groups in total. The lowest BCUT2D eigenvalue weighted by Crippen LogP contribution is -2.34. The van der Waals surface area contributed by atoms with E-state index < -0.39 is 6.04 Å². The Hall–Kier alpha value is -2.29. The monoisotopic (exact) mass is 483 g/mol. The van der Waals surface area contributed by atoms with Crippen molar-refractivity contribution in [1.82, 2.24) is 5.32 Å². The van der Waals surface area contributed by atoms with Gasteiger partial charge in [-0.2, -0.15) is 0 Å². The third-order valence-corrected chi connectivity index (χ3v) is 4.41. The van der Waals surface area contributed by atoms with Gasteiger partial charge in [-0.05, 0) is 71.5 Å². The molecule has 0 heterocycles. The predicted octanol–water partition coefficient (Wildman–Crippen LogP) is 3.49. The highest BCUT2D eigenvalue weighted by molar-refractivity contribution is 14.1. The van der Waals surface area contributed by atoms with Crippen molar-refractivity contribution in [1.29, 1.82) is 0 Å². The van der Waals surface area contributed by atoms with Gasteiger partial charge in [-0.1, -0.05) is 12.1 Å². The molecule has 7 heteroatoms. The number of nitrogens with one attached hydrogen (secondary N) is 1. The van der Waals surface area contributed by atoms with Crippen LogP contribution in [0.4, 0.5) is 0 Å². The third-order valence-electron chi connectivity index (χ3n) is 3.69. The fourth-order valence-electron chi connectivity index (χ4n) is 2.41. The molecular weight excluding hydrogens is 461 g/mol. The van der Waals surface area contributed by atoms with Crippen molar-refractivity contribution in [3.63, 3.8) is 0 Å². The number of amides is 1. The maximum absolute atomic E-state index is 12.3. The molecule has 0 aromatic heterocycles. The lowest BCUT2D eigenvalue weighted by molar-refractivity contribution is -0.143. The SMILES string of the molecule is CCOC(=O)CC(NC(=O)COc1ccc(I)cc1)c1cccc(OC)c1. The summed E-state index contributed by atoms with van der Waals surface area (Å²) in [5.41, 5.74) is 0.755. The number of hydrogen-bond donors (Lipinski definition) is 1. The van der Waals surface area contributed by atoms with E-state index in [4.69, 9.17) is 14.2 Å². The van der Waals surface area contributed by atoms with Crippen LogP contribution in [0.15, 0.2) is 48.5 Å². The first-order chi connectivity index (χ1) is 13.0. The van der Waals surface area contributed by atoms with E-state index in [1.54, 1.807) is 44.4 Å². The van der Waals surface area contributed by atoms with Crippen molar-refractivity contribution in [2.75, 3.05) is 20.3 Å². The van der Waals surface area contributed by atoms with Crippen molar-refractivity contribution in [2.24, 2.45) is 0 Å². The molecule has 0 spiro atoms. The molecule has 1 unspecified atom stereocenters. The van der Waals surface area contributed by atoms with Crippen LogP contribution in [0.2, 0.25) is 0 Å². The van der Waals surface area contributed by atoms with Gasteiger partial charge in [0, 0.05) is 3.57 Å². The fourth-order valence-corrected chi connectivity index (χ4v) is 2.77. The molecule has 0 aliphatic rings. The molecule has 0 aliphatic carbocycles. The molecule has 2 aromatic carbocycles. The maximum Gasteiger partial charge on any atom is 0.308 e. The number of carbonyl (C=O) groups is 2. The first kappa shape index (κ1) is 21.0. The highest BCUT2D eigenvalue weighted by Gasteiger charge is 2.20. The zero-order valence-corrected chi connectivity index (χ0v) is 17.4. The zero-order chi connectivity index (χ0) is 19.6. The highest BCUT2D eigenvalue weighted by atomic mass is 127. The lowest BCUT2D eigenvalue weighted by atomic mass is 10.0. The molecule has 6 nitrogen and oxygen atoms in total. The summed E-state index contributed by atoms with van der Waals surface area (Å²) in [4.78, 5) is 24.3. The highest BCUT2D eigenvalue weighted by Crippen LogP contribution is 2.22. The normalized spacial score (nSPS) is 11.4. The number of ether oxygens (including phenoxy) is 3. The Bertz CT molecular complexity index is 763. The Morgan fingerprint density at radius 1 is 1.11 bits per heavy atom. The minimum absolute atomic E-state index is 0.0241. The molecule has 2 aromatic rings. The van der Waals surface area contributed by atoms with Gasteiger partial charge in [-0.3, -0.25) is 9.59 Å². The summed E-state index contributed by atoms with van der Waals surface area (Å²) in [6, 6.07) is 14.1. The fraction of sp³-hybridized carbons (Fsp3) is 0.300. The number of methoxy groups -OCH3 is 1. The van der Waals surface area contributed by atoms with E-state index in [0.29, 0.717) is 11.5 Å². The van der Waals surface area contributed by atoms with Crippen LogP contribution in [0.3, 0.4) is 0 Å². The molecule has 1 atom stereocenters. The van der Waals surface area contributed by atoms with E-state index in [-0.39, 0.29) is 31.5 Å². The number of carbonyl (C=O) groups excluding carboxylic acids is 2. The number of hydrogen-bond acceptors (Lipinski definition) is 5. The van der Waals surface area contributed by atoms with E-state index in [1.165, 1.54) is 0 Å². The van der Waals surface area contributed by atoms with Crippen LogP contribution in [0.1, 0.15) is 24.9 Å². The van der Waals surface area contributed by atoms with E-state index in [1.807, 2.05) is 18.2 Å². The van der Waals surface area contributed by atoms with Crippen molar-refractivity contribution in [2.45, 2.75) is 19.4 Å². The standard InChI is InChI=1S/C20H22INO5/c1-3-26-20(24)12-18(14-5-4-6-17(11-14)25-2)22-19(23)13-27-16-9-7-15(21)8-10-16/h4-11,18H,3,12-13H2,1-2H3,(H,22,23). The molecule has 27 heavy (non-hydrogen) atoms. The topological polar surface area (TPSA) is 73.9 Å². The van der Waals surface area contributed by atoms with Gasteiger partial charge < -0.3 is 19.5 Å². The minimum atomic E-state index is -0.535. The summed E-state index contributed by atoms with van der Waals surface area (Å²) < 4.78 is 16.8. The second-order valence-electron chi connectivity index (χ2n) is 5.65. The van der Waals surface area contributed by atoms with Gasteiger partial charge >= 0.3 is 5.97 Å². The number of benzene rings is 2. The first-order valence-corrected chi connectivity index (χ1v) is 9.57. The van der Waals surface area contributed by atoms with Crippen LogP contribution < -0.4 is 14.8 Å². The summed E-state index contributed by atoms with van der Waals surface area (Å²) >= 11 is 2.20. The molecule has 0 saturated heterocycles. The quantitative estimate of drug-likeness (QED) is 0.437. The summed E-state index contributed by atoms with van der Waals surface area (Å²) in [7, 11) is 1.56. The van der Waals surface area contributed by atoms with Crippen LogP contribution in [-0.2, 0) is 14.3 Å². The summed E-state index contributed by atoms with van der Waals surface area (Å²) in [5, 5.41) is 2.83. The van der Waals surface area contributed by atoms with Crippen LogP contribution in [-0.4, -0.2) is 32.2 Å². The Labute approximate surface area is 172 Å². The van der Waals surface area contributed by atoms with Crippen LogP contribution >= 0.6 is 22.6 Å². The molecule has 2 rings (SSSR count). The van der Waals surface area contributed by atoms with Crippen molar-refractivity contribution in [3.8, 4) is 11.5 Å². The Balaban J connectivity index is 2.04. The number of esters is 1. The minimum Gasteiger partial charge on any atom is -0.497 e. The van der Waals surface area contributed by atoms with Gasteiger partial charge in [0.1, 0.15) is 11.5 Å².